The molecule has 0 aromatic heterocycles. The maximum atomic E-state index is 10.9. The van der Waals surface area contributed by atoms with Crippen LogP contribution in [0.5, 0.6) is 0 Å². The molecule has 0 aliphatic carbocycles. The Labute approximate surface area is 116 Å². The smallest absolute Gasteiger partial charge is 0.272 e. The summed E-state index contributed by atoms with van der Waals surface area (Å²) < 4.78 is 11.0. The van der Waals surface area contributed by atoms with Crippen LogP contribution in [0.2, 0.25) is 5.02 Å². The molecule has 0 bridgehead atoms. The average Bonchev–Trinajstić information content (AvgIpc) is 2.38. The fraction of sp³-hybridized carbons (Fsp3) is 0.538. The number of hydrogen-bond donors (Lipinski definition) is 0. The number of halogens is 1. The first kappa shape index (κ1) is 14.2. The van der Waals surface area contributed by atoms with Crippen molar-refractivity contribution in [1.82, 2.24) is 0 Å². The second-order valence-electron chi connectivity index (χ2n) is 4.59. The predicted octanol–water partition coefficient (Wildman–Crippen LogP) is 3.60. The van der Waals surface area contributed by atoms with Crippen molar-refractivity contribution in [2.45, 2.75) is 39.1 Å². The molecule has 2 rings (SSSR count). The van der Waals surface area contributed by atoms with Crippen LogP contribution in [0.1, 0.15) is 30.4 Å². The maximum absolute atomic E-state index is 10.9. The monoisotopic (exact) mass is 285 g/mol. The van der Waals surface area contributed by atoms with E-state index in [4.69, 9.17) is 21.1 Å². The van der Waals surface area contributed by atoms with Gasteiger partial charge in [-0.2, -0.15) is 0 Å². The van der Waals surface area contributed by atoms with Crippen molar-refractivity contribution in [2.24, 2.45) is 0 Å². The SMILES string of the molecule is Cc1cc(Cl)c(CO[C@H]2CCCCO2)cc1[N+](=O)[O-]. The van der Waals surface area contributed by atoms with E-state index in [9.17, 15) is 10.1 Å². The lowest BCUT2D eigenvalue weighted by Crippen LogP contribution is -2.22. The molecular formula is C13H16ClNO4. The van der Waals surface area contributed by atoms with Crippen molar-refractivity contribution >= 4 is 17.3 Å². The summed E-state index contributed by atoms with van der Waals surface area (Å²) in [6.07, 6.45) is 2.75. The third-order valence-corrected chi connectivity index (χ3v) is 3.48. The van der Waals surface area contributed by atoms with E-state index in [1.165, 1.54) is 6.07 Å². The number of nitro groups is 1. The van der Waals surface area contributed by atoms with Crippen molar-refractivity contribution in [2.75, 3.05) is 6.61 Å². The number of rotatable bonds is 4. The fourth-order valence-electron chi connectivity index (χ4n) is 2.04. The van der Waals surface area contributed by atoms with E-state index in [0.717, 1.165) is 19.3 Å². The van der Waals surface area contributed by atoms with Crippen molar-refractivity contribution in [3.63, 3.8) is 0 Å². The zero-order chi connectivity index (χ0) is 13.8. The maximum Gasteiger partial charge on any atom is 0.272 e. The molecule has 0 radical (unpaired) electrons. The van der Waals surface area contributed by atoms with Crippen LogP contribution < -0.4 is 0 Å². The highest BCUT2D eigenvalue weighted by atomic mass is 35.5. The Morgan fingerprint density at radius 3 is 2.95 bits per heavy atom. The summed E-state index contributed by atoms with van der Waals surface area (Å²) in [5, 5.41) is 11.4. The van der Waals surface area contributed by atoms with Crippen molar-refractivity contribution in [1.29, 1.82) is 0 Å². The fourth-order valence-corrected chi connectivity index (χ4v) is 2.31. The lowest BCUT2D eigenvalue weighted by Gasteiger charge is -2.22. The summed E-state index contributed by atoms with van der Waals surface area (Å²) in [4.78, 5) is 10.5. The minimum absolute atomic E-state index is 0.0626. The van der Waals surface area contributed by atoms with E-state index >= 15 is 0 Å². The summed E-state index contributed by atoms with van der Waals surface area (Å²) in [5.41, 5.74) is 1.23. The molecule has 1 aliphatic heterocycles. The molecule has 104 valence electrons. The van der Waals surface area contributed by atoms with Gasteiger partial charge in [-0.1, -0.05) is 11.6 Å². The molecule has 1 aromatic carbocycles. The van der Waals surface area contributed by atoms with E-state index in [0.29, 0.717) is 22.8 Å². The van der Waals surface area contributed by atoms with Crippen molar-refractivity contribution < 1.29 is 14.4 Å². The molecule has 0 saturated carbocycles. The van der Waals surface area contributed by atoms with E-state index in [-0.39, 0.29) is 18.6 Å². The van der Waals surface area contributed by atoms with Crippen LogP contribution in [0, 0.1) is 17.0 Å². The van der Waals surface area contributed by atoms with Gasteiger partial charge in [-0.15, -0.1) is 0 Å². The minimum atomic E-state index is -0.410. The second-order valence-corrected chi connectivity index (χ2v) is 5.00. The molecule has 1 aromatic rings. The number of hydrogen-bond acceptors (Lipinski definition) is 4. The lowest BCUT2D eigenvalue weighted by molar-refractivity contribution is -0.385. The first-order chi connectivity index (χ1) is 9.08. The van der Waals surface area contributed by atoms with Gasteiger partial charge in [-0.05, 0) is 32.3 Å². The molecule has 1 aliphatic rings. The lowest BCUT2D eigenvalue weighted by atomic mass is 10.1. The van der Waals surface area contributed by atoms with Gasteiger partial charge in [-0.3, -0.25) is 10.1 Å². The van der Waals surface area contributed by atoms with Crippen molar-refractivity contribution in [3.8, 4) is 0 Å². The molecule has 0 spiro atoms. The molecule has 1 atom stereocenters. The third kappa shape index (κ3) is 3.65. The number of aryl methyl sites for hydroxylation is 1. The summed E-state index contributed by atoms with van der Waals surface area (Å²) >= 11 is 6.08. The Bertz CT molecular complexity index is 472. The summed E-state index contributed by atoms with van der Waals surface area (Å²) in [5.74, 6) is 0. The molecule has 1 fully saturated rings. The van der Waals surface area contributed by atoms with Gasteiger partial charge in [0.25, 0.3) is 5.69 Å². The van der Waals surface area contributed by atoms with E-state index < -0.39 is 4.92 Å². The topological polar surface area (TPSA) is 61.6 Å². The summed E-state index contributed by atoms with van der Waals surface area (Å²) in [6, 6.07) is 3.07. The van der Waals surface area contributed by atoms with Crippen LogP contribution in [-0.2, 0) is 16.1 Å². The number of nitrogens with zero attached hydrogens (tertiary/aromatic N) is 1. The Morgan fingerprint density at radius 2 is 2.32 bits per heavy atom. The van der Waals surface area contributed by atoms with Crippen molar-refractivity contribution in [3.05, 3.63) is 38.4 Å². The van der Waals surface area contributed by atoms with E-state index in [2.05, 4.69) is 0 Å². The molecule has 1 heterocycles. The number of ether oxygens (including phenoxy) is 2. The van der Waals surface area contributed by atoms with Gasteiger partial charge in [0.05, 0.1) is 11.5 Å². The van der Waals surface area contributed by atoms with Gasteiger partial charge in [-0.25, -0.2) is 0 Å². The minimum Gasteiger partial charge on any atom is -0.353 e. The highest BCUT2D eigenvalue weighted by Gasteiger charge is 2.18. The van der Waals surface area contributed by atoms with Gasteiger partial charge >= 0.3 is 0 Å². The Kier molecular flexibility index (Phi) is 4.74. The highest BCUT2D eigenvalue weighted by molar-refractivity contribution is 6.31. The largest absolute Gasteiger partial charge is 0.353 e. The zero-order valence-electron chi connectivity index (χ0n) is 10.7. The van der Waals surface area contributed by atoms with Crippen LogP contribution in [0.25, 0.3) is 0 Å². The van der Waals surface area contributed by atoms with Gasteiger partial charge in [0, 0.05) is 28.8 Å². The zero-order valence-corrected chi connectivity index (χ0v) is 11.5. The Balaban J connectivity index is 2.06. The van der Waals surface area contributed by atoms with E-state index in [1.807, 2.05) is 0 Å². The third-order valence-electron chi connectivity index (χ3n) is 3.12. The van der Waals surface area contributed by atoms with Crippen LogP contribution in [-0.4, -0.2) is 17.8 Å². The van der Waals surface area contributed by atoms with Gasteiger partial charge in [0.15, 0.2) is 6.29 Å². The molecular weight excluding hydrogens is 270 g/mol. The van der Waals surface area contributed by atoms with Crippen LogP contribution in [0.15, 0.2) is 12.1 Å². The van der Waals surface area contributed by atoms with Crippen LogP contribution in [0.4, 0.5) is 5.69 Å². The molecule has 5 nitrogen and oxygen atoms in total. The first-order valence-electron chi connectivity index (χ1n) is 6.24. The standard InChI is InChI=1S/C13H16ClNO4/c1-9-6-11(14)10(7-12(9)15(16)17)8-19-13-4-2-3-5-18-13/h6-7,13H,2-5,8H2,1H3/t13-/m0/s1. The molecule has 19 heavy (non-hydrogen) atoms. The molecule has 1 saturated heterocycles. The van der Waals surface area contributed by atoms with Gasteiger partial charge in [0.1, 0.15) is 0 Å². The van der Waals surface area contributed by atoms with E-state index in [1.54, 1.807) is 13.0 Å². The second kappa shape index (κ2) is 6.32. The quantitative estimate of drug-likeness (QED) is 0.626. The number of nitro benzene ring substituents is 1. The first-order valence-corrected chi connectivity index (χ1v) is 6.62. The molecule has 6 heteroatoms. The van der Waals surface area contributed by atoms with Gasteiger partial charge in [0.2, 0.25) is 0 Å². The Hall–Kier alpha value is -1.17. The molecule has 0 amide bonds. The Morgan fingerprint density at radius 1 is 1.53 bits per heavy atom. The number of benzene rings is 1. The van der Waals surface area contributed by atoms with Crippen LogP contribution in [0.3, 0.4) is 0 Å². The highest BCUT2D eigenvalue weighted by Crippen LogP contribution is 2.27. The molecule has 0 N–H and O–H groups in total. The normalized spacial score (nSPS) is 19.4. The molecule has 0 unspecified atom stereocenters. The average molecular weight is 286 g/mol. The summed E-state index contributed by atoms with van der Waals surface area (Å²) in [6.45, 7) is 2.59. The predicted molar refractivity (Wildman–Crippen MR) is 71.2 cm³/mol. The summed E-state index contributed by atoms with van der Waals surface area (Å²) in [7, 11) is 0. The van der Waals surface area contributed by atoms with Gasteiger partial charge < -0.3 is 9.47 Å². The van der Waals surface area contributed by atoms with Crippen LogP contribution >= 0.6 is 11.6 Å².